The molecule has 13 nitrogen and oxygen atoms in total. The van der Waals surface area contributed by atoms with Gasteiger partial charge in [0.2, 0.25) is 5.95 Å². The summed E-state index contributed by atoms with van der Waals surface area (Å²) in [5.41, 5.74) is 9.86. The number of benzene rings is 1. The van der Waals surface area contributed by atoms with Crippen LogP contribution in [0.4, 0.5) is 30.6 Å². The predicted molar refractivity (Wildman–Crippen MR) is 123 cm³/mol. The van der Waals surface area contributed by atoms with Crippen LogP contribution in [-0.2, 0) is 22.3 Å². The van der Waals surface area contributed by atoms with Crippen molar-refractivity contribution in [1.82, 2.24) is 25.3 Å². The molecule has 0 unspecified atom stereocenters. The summed E-state index contributed by atoms with van der Waals surface area (Å²) < 4.78 is 41.7. The summed E-state index contributed by atoms with van der Waals surface area (Å²) in [6.07, 6.45) is -4.58. The van der Waals surface area contributed by atoms with Gasteiger partial charge >= 0.3 is 18.1 Å². The average Bonchev–Trinajstić information content (AvgIpc) is 2.80. The number of hydrogen-bond acceptors (Lipinski definition) is 10. The van der Waals surface area contributed by atoms with E-state index in [1.807, 2.05) is 5.32 Å². The Morgan fingerprint density at radius 2 is 1.84 bits per heavy atom. The number of amides is 1. The van der Waals surface area contributed by atoms with E-state index in [9.17, 15) is 32.7 Å². The maximum atomic E-state index is 13.9. The lowest BCUT2D eigenvalue weighted by atomic mass is 10.1. The van der Waals surface area contributed by atoms with Crippen LogP contribution in [0.25, 0.3) is 11.2 Å². The number of halogens is 3. The number of aliphatic carboxylic acids is 2. The molecular formula is C21H21F3N8O5. The number of carbonyl (C=O) groups is 3. The SMILES string of the molecule is CN(Cc1cnc2nc(N)nc(N)c2n1)c1ccc(C(=O)N[C@@H](CCC(=O)O)C(=O)O)cc1C(F)(F)F. The lowest BCUT2D eigenvalue weighted by molar-refractivity contribution is -0.141. The molecule has 0 saturated heterocycles. The van der Waals surface area contributed by atoms with E-state index in [1.165, 1.54) is 18.1 Å². The summed E-state index contributed by atoms with van der Waals surface area (Å²) in [4.78, 5) is 51.7. The Bertz CT molecular complexity index is 1370. The van der Waals surface area contributed by atoms with Gasteiger partial charge in [0.15, 0.2) is 17.0 Å². The highest BCUT2D eigenvalue weighted by Crippen LogP contribution is 2.37. The van der Waals surface area contributed by atoms with E-state index in [2.05, 4.69) is 19.9 Å². The van der Waals surface area contributed by atoms with E-state index in [1.54, 1.807) is 0 Å². The number of fused-ring (bicyclic) bond motifs is 1. The molecule has 1 amide bonds. The van der Waals surface area contributed by atoms with Crippen molar-refractivity contribution in [3.8, 4) is 0 Å². The molecule has 0 spiro atoms. The maximum absolute atomic E-state index is 13.9. The molecule has 3 rings (SSSR count). The number of nitrogens with zero attached hydrogens (tertiary/aromatic N) is 5. The molecular weight excluding hydrogens is 501 g/mol. The highest BCUT2D eigenvalue weighted by atomic mass is 19.4. The molecule has 0 saturated carbocycles. The van der Waals surface area contributed by atoms with Crippen molar-refractivity contribution in [1.29, 1.82) is 0 Å². The Labute approximate surface area is 206 Å². The fourth-order valence-corrected chi connectivity index (χ4v) is 3.39. The van der Waals surface area contributed by atoms with Gasteiger partial charge < -0.3 is 31.9 Å². The van der Waals surface area contributed by atoms with Crippen LogP contribution in [-0.4, -0.2) is 61.1 Å². The number of carboxylic acid groups (broad SMARTS) is 2. The normalized spacial score (nSPS) is 12.2. The Kier molecular flexibility index (Phi) is 7.59. The number of carbonyl (C=O) groups excluding carboxylic acids is 1. The van der Waals surface area contributed by atoms with Gasteiger partial charge in [-0.1, -0.05) is 0 Å². The summed E-state index contributed by atoms with van der Waals surface area (Å²) in [7, 11) is 1.37. The molecule has 3 aromatic rings. The molecule has 0 fully saturated rings. The van der Waals surface area contributed by atoms with Crippen molar-refractivity contribution >= 4 is 46.5 Å². The second kappa shape index (κ2) is 10.5. The molecule has 0 aliphatic heterocycles. The number of alkyl halides is 3. The number of nitrogens with two attached hydrogens (primary N) is 2. The quantitative estimate of drug-likeness (QED) is 0.269. The minimum absolute atomic E-state index is 0.0473. The van der Waals surface area contributed by atoms with Crippen molar-refractivity contribution in [2.75, 3.05) is 23.4 Å². The van der Waals surface area contributed by atoms with Gasteiger partial charge in [-0.05, 0) is 24.6 Å². The second-order valence-electron chi connectivity index (χ2n) is 7.88. The largest absolute Gasteiger partial charge is 0.481 e. The van der Waals surface area contributed by atoms with Gasteiger partial charge in [0.1, 0.15) is 6.04 Å². The lowest BCUT2D eigenvalue weighted by Crippen LogP contribution is -2.41. The molecule has 0 aliphatic carbocycles. The first-order valence-electron chi connectivity index (χ1n) is 10.5. The number of aromatic nitrogens is 4. The minimum atomic E-state index is -4.87. The van der Waals surface area contributed by atoms with Gasteiger partial charge in [0.05, 0.1) is 24.0 Å². The molecule has 1 aromatic carbocycles. The first kappa shape index (κ1) is 26.8. The Hall–Kier alpha value is -4.76. The minimum Gasteiger partial charge on any atom is -0.481 e. The lowest BCUT2D eigenvalue weighted by Gasteiger charge is -2.24. The number of carboxylic acids is 2. The monoisotopic (exact) mass is 522 g/mol. The van der Waals surface area contributed by atoms with Crippen LogP contribution in [0.1, 0.15) is 34.5 Å². The van der Waals surface area contributed by atoms with Crippen molar-refractivity contribution in [3.05, 3.63) is 41.2 Å². The molecule has 1 atom stereocenters. The van der Waals surface area contributed by atoms with E-state index in [-0.39, 0.29) is 40.9 Å². The smallest absolute Gasteiger partial charge is 0.418 e. The molecule has 0 aliphatic rings. The Morgan fingerprint density at radius 3 is 2.46 bits per heavy atom. The summed E-state index contributed by atoms with van der Waals surface area (Å²) in [6, 6.07) is 1.13. The first-order valence-corrected chi connectivity index (χ1v) is 10.5. The maximum Gasteiger partial charge on any atom is 0.418 e. The Morgan fingerprint density at radius 1 is 1.14 bits per heavy atom. The van der Waals surface area contributed by atoms with Gasteiger partial charge in [0.25, 0.3) is 5.91 Å². The van der Waals surface area contributed by atoms with Gasteiger partial charge in [-0.15, -0.1) is 0 Å². The van der Waals surface area contributed by atoms with Gasteiger partial charge in [0, 0.05) is 24.7 Å². The van der Waals surface area contributed by atoms with Crippen LogP contribution in [0.15, 0.2) is 24.4 Å². The number of hydrogen-bond donors (Lipinski definition) is 5. The zero-order chi connectivity index (χ0) is 27.5. The van der Waals surface area contributed by atoms with Crippen LogP contribution in [0.2, 0.25) is 0 Å². The summed E-state index contributed by atoms with van der Waals surface area (Å²) in [6.45, 7) is -0.141. The molecule has 2 aromatic heterocycles. The van der Waals surface area contributed by atoms with E-state index in [0.29, 0.717) is 6.07 Å². The molecule has 196 valence electrons. The highest BCUT2D eigenvalue weighted by molar-refractivity contribution is 5.97. The number of nitrogens with one attached hydrogen (secondary N) is 1. The van der Waals surface area contributed by atoms with E-state index in [0.717, 1.165) is 12.1 Å². The summed E-state index contributed by atoms with van der Waals surface area (Å²) >= 11 is 0. The fourth-order valence-electron chi connectivity index (χ4n) is 3.39. The van der Waals surface area contributed by atoms with Gasteiger partial charge in [-0.25, -0.2) is 14.8 Å². The molecule has 0 radical (unpaired) electrons. The van der Waals surface area contributed by atoms with E-state index >= 15 is 0 Å². The molecule has 0 bridgehead atoms. The van der Waals surface area contributed by atoms with Crippen LogP contribution in [0, 0.1) is 0 Å². The average molecular weight is 522 g/mol. The summed E-state index contributed by atoms with van der Waals surface area (Å²) in [5, 5.41) is 20.0. The Balaban J connectivity index is 1.88. The number of nitrogen functional groups attached to an aromatic ring is 2. The summed E-state index contributed by atoms with van der Waals surface area (Å²) in [5.74, 6) is -4.07. The third kappa shape index (κ3) is 6.47. The predicted octanol–water partition coefficient (Wildman–Crippen LogP) is 1.29. The molecule has 37 heavy (non-hydrogen) atoms. The third-order valence-electron chi connectivity index (χ3n) is 5.13. The highest BCUT2D eigenvalue weighted by Gasteiger charge is 2.35. The first-order chi connectivity index (χ1) is 17.3. The standard InChI is InChI=1S/C21H21F3N8O5/c1-32(8-10-7-27-17-15(28-10)16(25)30-20(26)31-17)13-4-2-9(6-11(13)21(22,23)24)18(35)29-12(19(36)37)3-5-14(33)34/h2,4,6-7,12H,3,5,8H2,1H3,(H,29,35)(H,33,34)(H,36,37)(H4,25,26,27,30,31)/t12-/m0/s1. The van der Waals surface area contributed by atoms with Crippen LogP contribution >= 0.6 is 0 Å². The van der Waals surface area contributed by atoms with Crippen molar-refractivity contribution < 1.29 is 37.8 Å². The fraction of sp³-hybridized carbons (Fsp3) is 0.286. The molecule has 7 N–H and O–H groups in total. The number of rotatable bonds is 9. The third-order valence-corrected chi connectivity index (χ3v) is 5.13. The van der Waals surface area contributed by atoms with Crippen LogP contribution < -0.4 is 21.7 Å². The van der Waals surface area contributed by atoms with Gasteiger partial charge in [-0.3, -0.25) is 9.59 Å². The van der Waals surface area contributed by atoms with Crippen molar-refractivity contribution in [3.63, 3.8) is 0 Å². The van der Waals surface area contributed by atoms with E-state index in [4.69, 9.17) is 16.6 Å². The van der Waals surface area contributed by atoms with Crippen molar-refractivity contribution in [2.45, 2.75) is 31.6 Å². The van der Waals surface area contributed by atoms with Crippen molar-refractivity contribution in [2.24, 2.45) is 0 Å². The number of anilines is 3. The zero-order valence-corrected chi connectivity index (χ0v) is 19.2. The van der Waals surface area contributed by atoms with Crippen LogP contribution in [0.3, 0.4) is 0 Å². The van der Waals surface area contributed by atoms with Crippen LogP contribution in [0.5, 0.6) is 0 Å². The molecule has 2 heterocycles. The van der Waals surface area contributed by atoms with E-state index < -0.39 is 54.0 Å². The topological polar surface area (TPSA) is 211 Å². The zero-order valence-electron chi connectivity index (χ0n) is 19.2. The molecule has 16 heteroatoms. The second-order valence-corrected chi connectivity index (χ2v) is 7.88. The van der Waals surface area contributed by atoms with Gasteiger partial charge in [-0.2, -0.15) is 23.1 Å².